The fourth-order valence-electron chi connectivity index (χ4n) is 4.57. The van der Waals surface area contributed by atoms with Gasteiger partial charge in [-0.3, -0.25) is 0 Å². The van der Waals surface area contributed by atoms with Crippen molar-refractivity contribution in [2.24, 2.45) is 0 Å². The van der Waals surface area contributed by atoms with E-state index < -0.39 is 0 Å². The highest BCUT2D eigenvalue weighted by molar-refractivity contribution is 7.37. The molecule has 0 bridgehead atoms. The highest BCUT2D eigenvalue weighted by Gasteiger charge is 2.29. The number of allylic oxidation sites excluding steroid dienone is 2. The van der Waals surface area contributed by atoms with Crippen LogP contribution in [-0.4, -0.2) is 18.4 Å². The average molecular weight is 532 g/mol. The van der Waals surface area contributed by atoms with Crippen molar-refractivity contribution in [2.75, 3.05) is 6.66 Å². The second-order valence-corrected chi connectivity index (χ2v) is 10.3. The third kappa shape index (κ3) is 6.45. The molecule has 2 heterocycles. The molecule has 0 radical (unpaired) electrons. The molecule has 0 saturated heterocycles. The Kier molecular flexibility index (Phi) is 12.3. The summed E-state index contributed by atoms with van der Waals surface area (Å²) in [5, 5.41) is 10.7. The molecule has 6 heteroatoms. The highest BCUT2D eigenvalue weighted by atomic mass is 31.1. The summed E-state index contributed by atoms with van der Waals surface area (Å²) in [5.74, 6) is 1.68. The third-order valence-corrected chi connectivity index (χ3v) is 7.58. The van der Waals surface area contributed by atoms with Crippen LogP contribution in [0.4, 0.5) is 0 Å². The second-order valence-electron chi connectivity index (χ2n) is 8.14. The lowest BCUT2D eigenvalue weighted by Gasteiger charge is -2.26. The van der Waals surface area contributed by atoms with Crippen LogP contribution in [0.3, 0.4) is 0 Å². The van der Waals surface area contributed by atoms with Crippen molar-refractivity contribution in [3.8, 4) is 16.9 Å². The number of benzene rings is 2. The molecule has 3 aliphatic rings. The quantitative estimate of drug-likeness (QED) is 0.347. The lowest BCUT2D eigenvalue weighted by molar-refractivity contribution is 0.302. The highest BCUT2D eigenvalue weighted by Crippen LogP contribution is 2.44. The van der Waals surface area contributed by atoms with Gasteiger partial charge in [0, 0.05) is 31.2 Å². The van der Waals surface area contributed by atoms with Crippen molar-refractivity contribution in [1.29, 1.82) is 0 Å². The molecule has 0 fully saturated rings. The molecule has 1 aliphatic carbocycles. The van der Waals surface area contributed by atoms with E-state index in [9.17, 15) is 0 Å². The number of fused-ring (bicyclic) bond motifs is 5. The lowest BCUT2D eigenvalue weighted by Crippen LogP contribution is -2.25. The van der Waals surface area contributed by atoms with Crippen molar-refractivity contribution in [3.63, 3.8) is 0 Å². The summed E-state index contributed by atoms with van der Waals surface area (Å²) in [6.45, 7) is 19.2. The SMILES string of the molecule is C/C=C(\NC(C)PC)c1ccc2c(c1)COc1cc3c(cc1-2)CCC1=C3NC(P)N1.CC.CC.CC.[HH].[HH]. The van der Waals surface area contributed by atoms with Gasteiger partial charge >= 0.3 is 0 Å². The summed E-state index contributed by atoms with van der Waals surface area (Å²) in [4.78, 5) is 0. The molecule has 0 spiro atoms. The summed E-state index contributed by atoms with van der Waals surface area (Å²) in [6, 6.07) is 11.4. The predicted octanol–water partition coefficient (Wildman–Crippen LogP) is 8.39. The maximum Gasteiger partial charge on any atom is 0.128 e. The third-order valence-electron chi connectivity index (χ3n) is 6.23. The van der Waals surface area contributed by atoms with E-state index in [0.29, 0.717) is 12.4 Å². The average Bonchev–Trinajstić information content (AvgIpc) is 3.34. The van der Waals surface area contributed by atoms with Crippen molar-refractivity contribution in [2.45, 2.75) is 86.5 Å². The molecular formula is C30H51N3OP2. The molecule has 4 unspecified atom stereocenters. The topological polar surface area (TPSA) is 45.3 Å². The van der Waals surface area contributed by atoms with Crippen molar-refractivity contribution >= 4 is 29.2 Å². The van der Waals surface area contributed by atoms with Crippen LogP contribution in [0.2, 0.25) is 0 Å². The zero-order valence-electron chi connectivity index (χ0n) is 23.7. The summed E-state index contributed by atoms with van der Waals surface area (Å²) in [7, 11) is 3.67. The summed E-state index contributed by atoms with van der Waals surface area (Å²) in [5.41, 5.74) is 11.4. The smallest absolute Gasteiger partial charge is 0.128 e. The van der Waals surface area contributed by atoms with Gasteiger partial charge in [0.1, 0.15) is 18.3 Å². The van der Waals surface area contributed by atoms with Gasteiger partial charge < -0.3 is 20.7 Å². The van der Waals surface area contributed by atoms with E-state index in [1.807, 2.05) is 41.5 Å². The maximum atomic E-state index is 6.25. The lowest BCUT2D eigenvalue weighted by atomic mass is 9.87. The molecule has 36 heavy (non-hydrogen) atoms. The van der Waals surface area contributed by atoms with Crippen LogP contribution >= 0.6 is 17.8 Å². The van der Waals surface area contributed by atoms with E-state index >= 15 is 0 Å². The Morgan fingerprint density at radius 2 is 1.75 bits per heavy atom. The minimum Gasteiger partial charge on any atom is -0.488 e. The van der Waals surface area contributed by atoms with Gasteiger partial charge in [-0.05, 0) is 73.8 Å². The van der Waals surface area contributed by atoms with Gasteiger partial charge in [-0.2, -0.15) is 0 Å². The van der Waals surface area contributed by atoms with E-state index in [1.54, 1.807) is 0 Å². The van der Waals surface area contributed by atoms with Crippen LogP contribution in [0.1, 0.15) is 86.9 Å². The second kappa shape index (κ2) is 14.7. The molecule has 0 amide bonds. The molecular weight excluding hydrogens is 480 g/mol. The summed E-state index contributed by atoms with van der Waals surface area (Å²) in [6.07, 6.45) is 4.28. The first kappa shape index (κ1) is 30.2. The van der Waals surface area contributed by atoms with Crippen molar-refractivity contribution in [3.05, 3.63) is 64.4 Å². The first-order chi connectivity index (χ1) is 17.6. The van der Waals surface area contributed by atoms with Gasteiger partial charge in [0.2, 0.25) is 0 Å². The van der Waals surface area contributed by atoms with Gasteiger partial charge in [-0.1, -0.05) is 69.0 Å². The van der Waals surface area contributed by atoms with Crippen LogP contribution in [0.25, 0.3) is 22.5 Å². The van der Waals surface area contributed by atoms with Crippen LogP contribution in [-0.2, 0) is 13.0 Å². The number of hydrogen-bond acceptors (Lipinski definition) is 4. The Balaban J connectivity index is 0.00000160. The first-order valence-electron chi connectivity index (χ1n) is 13.6. The monoisotopic (exact) mass is 531 g/mol. The Morgan fingerprint density at radius 3 is 2.42 bits per heavy atom. The summed E-state index contributed by atoms with van der Waals surface area (Å²) >= 11 is 0. The molecule has 0 saturated carbocycles. The van der Waals surface area contributed by atoms with Crippen molar-refractivity contribution in [1.82, 2.24) is 16.0 Å². The summed E-state index contributed by atoms with van der Waals surface area (Å²) < 4.78 is 6.25. The van der Waals surface area contributed by atoms with E-state index in [1.165, 1.54) is 50.5 Å². The van der Waals surface area contributed by atoms with Gasteiger partial charge in [-0.15, -0.1) is 8.58 Å². The van der Waals surface area contributed by atoms with Crippen LogP contribution in [0, 0.1) is 0 Å². The number of nitrogens with one attached hydrogen (secondary N) is 3. The Morgan fingerprint density at radius 1 is 1.03 bits per heavy atom. The molecule has 2 aliphatic heterocycles. The molecule has 202 valence electrons. The zero-order chi connectivity index (χ0) is 26.8. The van der Waals surface area contributed by atoms with E-state index in [2.05, 4.69) is 82.1 Å². The Labute approximate surface area is 227 Å². The van der Waals surface area contributed by atoms with E-state index in [0.717, 1.165) is 27.2 Å². The molecule has 5 rings (SSSR count). The largest absolute Gasteiger partial charge is 0.488 e. The minimum atomic E-state index is 0. The predicted molar refractivity (Wildman–Crippen MR) is 170 cm³/mol. The molecule has 4 nitrogen and oxygen atoms in total. The first-order valence-corrected chi connectivity index (χ1v) is 15.9. The number of hydrogen-bond donors (Lipinski definition) is 3. The Hall–Kier alpha value is -2.02. The number of aryl methyl sites for hydroxylation is 1. The van der Waals surface area contributed by atoms with Gasteiger partial charge in [-0.25, -0.2) is 0 Å². The molecule has 0 aromatic heterocycles. The molecule has 4 atom stereocenters. The van der Waals surface area contributed by atoms with E-state index in [4.69, 9.17) is 4.74 Å². The van der Waals surface area contributed by atoms with Gasteiger partial charge in [0.05, 0.1) is 5.70 Å². The minimum absolute atomic E-state index is 0. The maximum absolute atomic E-state index is 6.25. The standard InChI is InChI=1S/C24H29N3OP2.3C2H6.2H2/c1-4-20(25-13(2)30-3)15-5-7-17-16(9-15)12-28-22-11-18-14(10-19(17)22)6-8-21-23(18)27-24(29)26-21;3*1-2;;/h4-5,7,9-11,13,24-27,30H,6,8,12,29H2,1-3H3;3*1-2H3;2*1H/b20-4-;;;;;. The molecule has 2 aromatic rings. The molecule has 2 aromatic carbocycles. The van der Waals surface area contributed by atoms with Crippen LogP contribution < -0.4 is 20.7 Å². The fourth-order valence-corrected chi connectivity index (χ4v) is 5.24. The normalized spacial score (nSPS) is 17.6. The van der Waals surface area contributed by atoms with Crippen molar-refractivity contribution < 1.29 is 7.59 Å². The van der Waals surface area contributed by atoms with Crippen LogP contribution in [0.15, 0.2) is 42.1 Å². The van der Waals surface area contributed by atoms with Gasteiger partial charge in [0.25, 0.3) is 0 Å². The Bertz CT molecular complexity index is 1090. The number of ether oxygens (including phenoxy) is 1. The molecule has 3 N–H and O–H groups in total. The number of rotatable bonds is 4. The van der Waals surface area contributed by atoms with Crippen LogP contribution in [0.5, 0.6) is 5.75 Å². The fraction of sp³-hybridized carbons (Fsp3) is 0.467. The zero-order valence-corrected chi connectivity index (χ0v) is 25.9. The van der Waals surface area contributed by atoms with E-state index in [-0.39, 0.29) is 8.76 Å². The van der Waals surface area contributed by atoms with Gasteiger partial charge in [0.15, 0.2) is 0 Å².